The van der Waals surface area contributed by atoms with E-state index in [1.54, 1.807) is 16.4 Å². The number of rotatable bonds is 6. The molecular weight excluding hydrogens is 362 g/mol. The summed E-state index contributed by atoms with van der Waals surface area (Å²) in [6.45, 7) is 3.02. The maximum atomic E-state index is 12.3. The summed E-state index contributed by atoms with van der Waals surface area (Å²) in [5.74, 6) is 0.747. The Labute approximate surface area is 150 Å². The van der Waals surface area contributed by atoms with Crippen LogP contribution >= 0.6 is 0 Å². The molecule has 1 atom stereocenters. The van der Waals surface area contributed by atoms with E-state index in [0.717, 1.165) is 31.9 Å². The number of nitrogens with zero attached hydrogens (tertiary/aromatic N) is 1. The second-order valence-electron chi connectivity index (χ2n) is 6.96. The summed E-state index contributed by atoms with van der Waals surface area (Å²) in [6.07, 6.45) is 4.11. The predicted octanol–water partition coefficient (Wildman–Crippen LogP) is 1.86. The third kappa shape index (κ3) is 4.35. The molecule has 1 saturated carbocycles. The SMILES string of the molecule is CC(Oc1cc[c]c(S(C)(=O)=O)c1)C1CCN(S(=O)(=O)C2CC2)CC1. The number of hydrogen-bond donors (Lipinski definition) is 0. The third-order valence-electron chi connectivity index (χ3n) is 4.94. The molecule has 8 heteroatoms. The van der Waals surface area contributed by atoms with E-state index < -0.39 is 19.9 Å². The van der Waals surface area contributed by atoms with Crippen molar-refractivity contribution in [2.45, 2.75) is 48.9 Å². The Morgan fingerprint density at radius 1 is 1.16 bits per heavy atom. The molecule has 139 valence electrons. The number of sulfonamides is 1. The molecule has 0 N–H and O–H groups in total. The largest absolute Gasteiger partial charge is 0.490 e. The van der Waals surface area contributed by atoms with Crippen molar-refractivity contribution in [2.24, 2.45) is 5.92 Å². The van der Waals surface area contributed by atoms with Gasteiger partial charge in [0.25, 0.3) is 0 Å². The molecule has 0 bridgehead atoms. The lowest BCUT2D eigenvalue weighted by Gasteiger charge is -2.34. The monoisotopic (exact) mass is 386 g/mol. The zero-order valence-corrected chi connectivity index (χ0v) is 16.1. The smallest absolute Gasteiger partial charge is 0.216 e. The molecule has 1 aliphatic heterocycles. The van der Waals surface area contributed by atoms with E-state index in [4.69, 9.17) is 4.74 Å². The average Bonchev–Trinajstić information content (AvgIpc) is 3.40. The minimum absolute atomic E-state index is 0.111. The highest BCUT2D eigenvalue weighted by Gasteiger charge is 2.41. The van der Waals surface area contributed by atoms with Crippen LogP contribution in [0.25, 0.3) is 0 Å². The van der Waals surface area contributed by atoms with Crippen molar-refractivity contribution in [1.82, 2.24) is 4.31 Å². The quantitative estimate of drug-likeness (QED) is 0.745. The van der Waals surface area contributed by atoms with Crippen molar-refractivity contribution in [3.63, 3.8) is 0 Å². The summed E-state index contributed by atoms with van der Waals surface area (Å²) in [4.78, 5) is 0.113. The Bertz CT molecular complexity index is 822. The van der Waals surface area contributed by atoms with Crippen LogP contribution in [0.3, 0.4) is 0 Å². The first-order chi connectivity index (χ1) is 11.7. The van der Waals surface area contributed by atoms with Gasteiger partial charge in [-0.05, 0) is 56.7 Å². The van der Waals surface area contributed by atoms with Crippen molar-refractivity contribution in [1.29, 1.82) is 0 Å². The van der Waals surface area contributed by atoms with E-state index in [9.17, 15) is 16.8 Å². The molecule has 1 aliphatic carbocycles. The Balaban J connectivity index is 1.59. The van der Waals surface area contributed by atoms with Crippen molar-refractivity contribution in [3.05, 3.63) is 24.3 Å². The highest BCUT2D eigenvalue weighted by atomic mass is 32.2. The predicted molar refractivity (Wildman–Crippen MR) is 94.7 cm³/mol. The molecule has 1 heterocycles. The van der Waals surface area contributed by atoms with Crippen molar-refractivity contribution < 1.29 is 21.6 Å². The standard InChI is InChI=1S/C17H24NO5S2/c1-13(23-15-4-3-5-17(12-15)24(2,19)20)14-8-10-18(11-9-14)25(21,22)16-6-7-16/h3-4,12-14,16H,6-11H2,1-2H3. The fraction of sp³-hybridized carbons (Fsp3) is 0.647. The second-order valence-corrected chi connectivity index (χ2v) is 11.2. The van der Waals surface area contributed by atoms with E-state index in [2.05, 4.69) is 6.07 Å². The Hall–Kier alpha value is -1.12. The van der Waals surface area contributed by atoms with E-state index in [1.165, 1.54) is 6.07 Å². The van der Waals surface area contributed by atoms with Gasteiger partial charge in [0.1, 0.15) is 5.75 Å². The molecule has 1 aromatic rings. The van der Waals surface area contributed by atoms with Crippen LogP contribution in [0.2, 0.25) is 0 Å². The molecule has 1 saturated heterocycles. The molecule has 1 radical (unpaired) electrons. The molecule has 0 amide bonds. The van der Waals surface area contributed by atoms with Gasteiger partial charge in [-0.3, -0.25) is 0 Å². The normalized spacial score (nSPS) is 21.8. The Kier molecular flexibility index (Phi) is 5.14. The molecule has 1 unspecified atom stereocenters. The lowest BCUT2D eigenvalue weighted by atomic mass is 9.93. The molecule has 1 aromatic carbocycles. The van der Waals surface area contributed by atoms with Crippen molar-refractivity contribution in [3.8, 4) is 5.75 Å². The lowest BCUT2D eigenvalue weighted by molar-refractivity contribution is 0.111. The number of sulfone groups is 1. The fourth-order valence-electron chi connectivity index (χ4n) is 3.20. The summed E-state index contributed by atoms with van der Waals surface area (Å²) < 4.78 is 55.3. The highest BCUT2D eigenvalue weighted by molar-refractivity contribution is 7.90. The van der Waals surface area contributed by atoms with Crippen LogP contribution in [0.4, 0.5) is 0 Å². The zero-order valence-electron chi connectivity index (χ0n) is 14.5. The summed E-state index contributed by atoms with van der Waals surface area (Å²) in [5, 5.41) is -0.160. The molecule has 2 fully saturated rings. The molecule has 0 aromatic heterocycles. The van der Waals surface area contributed by atoms with E-state index in [1.807, 2.05) is 6.92 Å². The van der Waals surface area contributed by atoms with Gasteiger partial charge < -0.3 is 4.74 Å². The van der Waals surface area contributed by atoms with Gasteiger partial charge in [0.15, 0.2) is 9.84 Å². The summed E-state index contributed by atoms with van der Waals surface area (Å²) in [7, 11) is -6.42. The summed E-state index contributed by atoms with van der Waals surface area (Å²) >= 11 is 0. The van der Waals surface area contributed by atoms with Gasteiger partial charge in [0.05, 0.1) is 16.2 Å². The highest BCUT2D eigenvalue weighted by Crippen LogP contribution is 2.34. The van der Waals surface area contributed by atoms with Gasteiger partial charge in [-0.1, -0.05) is 0 Å². The number of piperidine rings is 1. The van der Waals surface area contributed by atoms with Crippen molar-refractivity contribution in [2.75, 3.05) is 19.3 Å². The molecule has 3 rings (SSSR count). The van der Waals surface area contributed by atoms with Gasteiger partial charge in [-0.2, -0.15) is 0 Å². The van der Waals surface area contributed by atoms with Crippen LogP contribution < -0.4 is 4.74 Å². The van der Waals surface area contributed by atoms with E-state index in [-0.39, 0.29) is 22.2 Å². The first kappa shape index (κ1) is 18.7. The molecule has 0 spiro atoms. The van der Waals surface area contributed by atoms with Crippen LogP contribution in [0.1, 0.15) is 32.6 Å². The molecule has 25 heavy (non-hydrogen) atoms. The van der Waals surface area contributed by atoms with E-state index in [0.29, 0.717) is 18.8 Å². The van der Waals surface area contributed by atoms with Gasteiger partial charge in [0.2, 0.25) is 10.0 Å². The topological polar surface area (TPSA) is 80.8 Å². The van der Waals surface area contributed by atoms with E-state index >= 15 is 0 Å². The van der Waals surface area contributed by atoms with Gasteiger partial charge in [-0.15, -0.1) is 0 Å². The van der Waals surface area contributed by atoms with Crippen LogP contribution in [0.15, 0.2) is 23.1 Å². The maximum Gasteiger partial charge on any atom is 0.216 e. The Morgan fingerprint density at radius 2 is 1.80 bits per heavy atom. The number of ether oxygens (including phenoxy) is 1. The van der Waals surface area contributed by atoms with Gasteiger partial charge >= 0.3 is 0 Å². The van der Waals surface area contributed by atoms with Crippen LogP contribution in [-0.2, 0) is 19.9 Å². The zero-order chi connectivity index (χ0) is 18.2. The molecule has 2 aliphatic rings. The van der Waals surface area contributed by atoms with Crippen LogP contribution in [-0.4, -0.2) is 51.8 Å². The minimum Gasteiger partial charge on any atom is -0.490 e. The first-order valence-electron chi connectivity index (χ1n) is 8.55. The lowest BCUT2D eigenvalue weighted by Crippen LogP contribution is -2.43. The van der Waals surface area contributed by atoms with Crippen molar-refractivity contribution >= 4 is 19.9 Å². The molecular formula is C17H24NO5S2. The first-order valence-corrected chi connectivity index (χ1v) is 11.9. The van der Waals surface area contributed by atoms with Crippen LogP contribution in [0.5, 0.6) is 5.75 Å². The summed E-state index contributed by atoms with van der Waals surface area (Å²) in [5.41, 5.74) is 0. The second kappa shape index (κ2) is 6.89. The number of benzene rings is 1. The number of hydrogen-bond acceptors (Lipinski definition) is 5. The maximum absolute atomic E-state index is 12.3. The fourth-order valence-corrected chi connectivity index (χ4v) is 5.69. The van der Waals surface area contributed by atoms with Gasteiger partial charge in [-0.25, -0.2) is 21.1 Å². The average molecular weight is 387 g/mol. The van der Waals surface area contributed by atoms with Crippen LogP contribution in [0, 0.1) is 12.0 Å². The minimum atomic E-state index is -3.32. The summed E-state index contributed by atoms with van der Waals surface area (Å²) in [6, 6.07) is 7.42. The third-order valence-corrected chi connectivity index (χ3v) is 8.37. The van der Waals surface area contributed by atoms with Gasteiger partial charge in [0, 0.05) is 25.4 Å². The molecule has 6 nitrogen and oxygen atoms in total. The Morgan fingerprint density at radius 3 is 2.36 bits per heavy atom.